The molecule has 0 aliphatic rings. The number of hydrogen-bond donors (Lipinski definition) is 2. The van der Waals surface area contributed by atoms with E-state index >= 15 is 0 Å². The van der Waals surface area contributed by atoms with Crippen molar-refractivity contribution >= 4 is 0 Å². The largest absolute Gasteiger partial charge is 0.502 e. The van der Waals surface area contributed by atoms with Gasteiger partial charge in [-0.05, 0) is 42.2 Å². The average molecular weight is 334 g/mol. The minimum Gasteiger partial charge on any atom is -0.502 e. The lowest BCUT2D eigenvalue weighted by atomic mass is 10.0. The molecule has 0 atom stereocenters. The predicted molar refractivity (Wildman–Crippen MR) is 89.8 cm³/mol. The fourth-order valence-corrected chi connectivity index (χ4v) is 2.56. The maximum atomic E-state index is 10.1. The van der Waals surface area contributed by atoms with E-state index in [0.717, 1.165) is 11.1 Å². The summed E-state index contributed by atoms with van der Waals surface area (Å²) in [6.45, 7) is 0. The normalized spacial score (nSPS) is 10.3. The van der Waals surface area contributed by atoms with Crippen molar-refractivity contribution in [2.24, 2.45) is 0 Å². The molecule has 2 aromatic rings. The van der Waals surface area contributed by atoms with Gasteiger partial charge in [0, 0.05) is 0 Å². The van der Waals surface area contributed by atoms with Gasteiger partial charge in [-0.2, -0.15) is 0 Å². The Morgan fingerprint density at radius 1 is 0.708 bits per heavy atom. The first-order valence-corrected chi connectivity index (χ1v) is 7.42. The van der Waals surface area contributed by atoms with Crippen molar-refractivity contribution in [1.29, 1.82) is 0 Å². The van der Waals surface area contributed by atoms with Crippen LogP contribution < -0.4 is 18.9 Å². The van der Waals surface area contributed by atoms with Crippen LogP contribution >= 0.6 is 0 Å². The van der Waals surface area contributed by atoms with E-state index in [9.17, 15) is 10.2 Å². The molecule has 2 N–H and O–H groups in total. The Hall–Kier alpha value is -2.76. The number of phenolic OH excluding ortho intramolecular Hbond substituents is 2. The number of hydrogen-bond acceptors (Lipinski definition) is 6. The van der Waals surface area contributed by atoms with Gasteiger partial charge in [-0.25, -0.2) is 0 Å². The first kappa shape index (κ1) is 17.6. The molecule has 0 amide bonds. The summed E-state index contributed by atoms with van der Waals surface area (Å²) in [7, 11) is 5.97. The van der Waals surface area contributed by atoms with Crippen LogP contribution in [0.3, 0.4) is 0 Å². The lowest BCUT2D eigenvalue weighted by Gasteiger charge is -2.14. The molecule has 0 heterocycles. The second-order valence-electron chi connectivity index (χ2n) is 5.16. The van der Waals surface area contributed by atoms with E-state index in [1.807, 2.05) is 6.07 Å². The van der Waals surface area contributed by atoms with Crippen LogP contribution in [0, 0.1) is 0 Å². The molecule has 0 unspecified atom stereocenters. The molecule has 0 spiro atoms. The smallest absolute Gasteiger partial charge is 0.201 e. The van der Waals surface area contributed by atoms with Crippen LogP contribution in [0.4, 0.5) is 0 Å². The number of ether oxygens (including phenoxy) is 4. The molecule has 130 valence electrons. The van der Waals surface area contributed by atoms with Gasteiger partial charge >= 0.3 is 0 Å². The SMILES string of the molecule is COc1cc(CCc2ccc(OC)c(O)c2OC)cc(OC)c1O. The van der Waals surface area contributed by atoms with E-state index in [0.29, 0.717) is 35.8 Å². The first-order valence-electron chi connectivity index (χ1n) is 7.42. The Balaban J connectivity index is 2.27. The Morgan fingerprint density at radius 3 is 1.79 bits per heavy atom. The number of benzene rings is 2. The molecule has 6 heteroatoms. The summed E-state index contributed by atoms with van der Waals surface area (Å²) in [5.41, 5.74) is 1.78. The van der Waals surface area contributed by atoms with E-state index < -0.39 is 0 Å². The molecule has 0 saturated carbocycles. The zero-order chi connectivity index (χ0) is 17.7. The van der Waals surface area contributed by atoms with Gasteiger partial charge in [0.1, 0.15) is 0 Å². The van der Waals surface area contributed by atoms with Crippen molar-refractivity contribution in [3.63, 3.8) is 0 Å². The molecule has 0 bridgehead atoms. The predicted octanol–water partition coefficient (Wildman–Crippen LogP) is 2.92. The van der Waals surface area contributed by atoms with Crippen LogP contribution in [0.25, 0.3) is 0 Å². The van der Waals surface area contributed by atoms with Crippen molar-refractivity contribution in [2.75, 3.05) is 28.4 Å². The number of aryl methyl sites for hydroxylation is 2. The zero-order valence-electron chi connectivity index (χ0n) is 14.3. The van der Waals surface area contributed by atoms with E-state index in [1.54, 1.807) is 18.2 Å². The molecule has 2 aromatic carbocycles. The highest BCUT2D eigenvalue weighted by Gasteiger charge is 2.15. The minimum absolute atomic E-state index is 0.0154. The summed E-state index contributed by atoms with van der Waals surface area (Å²) in [5, 5.41) is 20.1. The van der Waals surface area contributed by atoms with E-state index in [4.69, 9.17) is 18.9 Å². The van der Waals surface area contributed by atoms with Crippen molar-refractivity contribution in [3.8, 4) is 34.5 Å². The highest BCUT2D eigenvalue weighted by Crippen LogP contribution is 2.40. The lowest BCUT2D eigenvalue weighted by Crippen LogP contribution is -1.99. The Morgan fingerprint density at radius 2 is 1.29 bits per heavy atom. The number of rotatable bonds is 7. The van der Waals surface area contributed by atoms with Gasteiger partial charge in [-0.1, -0.05) is 6.07 Å². The summed E-state index contributed by atoms with van der Waals surface area (Å²) < 4.78 is 20.7. The second kappa shape index (κ2) is 7.68. The van der Waals surface area contributed by atoms with Gasteiger partial charge < -0.3 is 29.2 Å². The van der Waals surface area contributed by atoms with Crippen LogP contribution in [0.1, 0.15) is 11.1 Å². The van der Waals surface area contributed by atoms with Gasteiger partial charge in [-0.3, -0.25) is 0 Å². The summed E-state index contributed by atoms with van der Waals surface area (Å²) in [4.78, 5) is 0. The Labute approximate surface area is 141 Å². The Bertz CT molecular complexity index is 686. The van der Waals surface area contributed by atoms with Gasteiger partial charge in [0.05, 0.1) is 28.4 Å². The van der Waals surface area contributed by atoms with Gasteiger partial charge in [0.15, 0.2) is 23.0 Å². The molecule has 0 aliphatic carbocycles. The van der Waals surface area contributed by atoms with Crippen molar-refractivity contribution in [1.82, 2.24) is 0 Å². The van der Waals surface area contributed by atoms with E-state index in [2.05, 4.69) is 0 Å². The molecular weight excluding hydrogens is 312 g/mol. The van der Waals surface area contributed by atoms with Crippen molar-refractivity contribution < 1.29 is 29.2 Å². The third-order valence-electron chi connectivity index (χ3n) is 3.82. The van der Waals surface area contributed by atoms with Crippen LogP contribution in [0.15, 0.2) is 24.3 Å². The fourth-order valence-electron chi connectivity index (χ4n) is 2.56. The molecule has 24 heavy (non-hydrogen) atoms. The third-order valence-corrected chi connectivity index (χ3v) is 3.82. The molecule has 0 radical (unpaired) electrons. The van der Waals surface area contributed by atoms with Gasteiger partial charge in [0.25, 0.3) is 0 Å². The molecule has 6 nitrogen and oxygen atoms in total. The number of aromatic hydroxyl groups is 2. The highest BCUT2D eigenvalue weighted by atomic mass is 16.5. The molecule has 2 rings (SSSR count). The minimum atomic E-state index is -0.0246. The molecule has 0 saturated heterocycles. The number of phenols is 2. The summed E-state index contributed by atoms with van der Waals surface area (Å²) in [6.07, 6.45) is 1.27. The van der Waals surface area contributed by atoms with Crippen molar-refractivity contribution in [3.05, 3.63) is 35.4 Å². The molecular formula is C18H22O6. The van der Waals surface area contributed by atoms with E-state index in [-0.39, 0.29) is 11.5 Å². The van der Waals surface area contributed by atoms with E-state index in [1.165, 1.54) is 28.4 Å². The average Bonchev–Trinajstić information content (AvgIpc) is 2.60. The number of methoxy groups -OCH3 is 4. The Kier molecular flexibility index (Phi) is 5.63. The van der Waals surface area contributed by atoms with Crippen LogP contribution in [0.5, 0.6) is 34.5 Å². The summed E-state index contributed by atoms with van der Waals surface area (Å²) in [5.74, 6) is 1.43. The van der Waals surface area contributed by atoms with Gasteiger partial charge in [0.2, 0.25) is 11.5 Å². The molecule has 0 aromatic heterocycles. The van der Waals surface area contributed by atoms with Crippen LogP contribution in [-0.4, -0.2) is 38.7 Å². The summed E-state index contributed by atoms with van der Waals surface area (Å²) >= 11 is 0. The van der Waals surface area contributed by atoms with Gasteiger partial charge in [-0.15, -0.1) is 0 Å². The maximum Gasteiger partial charge on any atom is 0.201 e. The maximum absolute atomic E-state index is 10.1. The highest BCUT2D eigenvalue weighted by molar-refractivity contribution is 5.56. The third kappa shape index (κ3) is 3.42. The topological polar surface area (TPSA) is 77.4 Å². The lowest BCUT2D eigenvalue weighted by molar-refractivity contribution is 0.337. The zero-order valence-corrected chi connectivity index (χ0v) is 14.3. The van der Waals surface area contributed by atoms with Crippen LogP contribution in [0.2, 0.25) is 0 Å². The molecule has 0 aliphatic heterocycles. The monoisotopic (exact) mass is 334 g/mol. The quantitative estimate of drug-likeness (QED) is 0.811. The first-order chi connectivity index (χ1) is 11.5. The second-order valence-corrected chi connectivity index (χ2v) is 5.16. The standard InChI is InChI=1S/C18H22O6/c1-21-13-8-7-12(18(24-4)17(13)20)6-5-11-9-14(22-2)16(19)15(10-11)23-3/h7-10,19-20H,5-6H2,1-4H3. The molecule has 0 fully saturated rings. The summed E-state index contributed by atoms with van der Waals surface area (Å²) in [6, 6.07) is 7.07. The fraction of sp³-hybridized carbons (Fsp3) is 0.333. The van der Waals surface area contributed by atoms with Crippen molar-refractivity contribution in [2.45, 2.75) is 12.8 Å². The van der Waals surface area contributed by atoms with Crippen LogP contribution in [-0.2, 0) is 12.8 Å².